The second-order valence-electron chi connectivity index (χ2n) is 7.64. The Balaban J connectivity index is 1.43. The zero-order valence-corrected chi connectivity index (χ0v) is 19.7. The number of pyridine rings is 1. The molecule has 0 spiro atoms. The molecular formula is C25H19ClN4O3S. The fraction of sp³-hybridized carbons (Fsp3) is 0.120. The maximum Gasteiger partial charge on any atom is 0.265 e. The number of ether oxygens (including phenoxy) is 1. The van der Waals surface area contributed by atoms with E-state index in [0.29, 0.717) is 22.1 Å². The summed E-state index contributed by atoms with van der Waals surface area (Å²) in [7, 11) is 0. The van der Waals surface area contributed by atoms with Crippen molar-refractivity contribution < 1.29 is 14.3 Å². The number of carbonyl (C=O) groups excluding carboxylic acids is 2. The van der Waals surface area contributed by atoms with Crippen molar-refractivity contribution in [2.45, 2.75) is 6.92 Å². The molecule has 0 saturated heterocycles. The van der Waals surface area contributed by atoms with Crippen molar-refractivity contribution in [1.29, 1.82) is 0 Å². The first-order valence-electron chi connectivity index (χ1n) is 10.5. The van der Waals surface area contributed by atoms with Gasteiger partial charge in [0.2, 0.25) is 5.91 Å². The number of aromatic nitrogens is 2. The number of halogens is 1. The van der Waals surface area contributed by atoms with Crippen LogP contribution in [0.2, 0.25) is 5.02 Å². The molecule has 2 aromatic heterocycles. The second-order valence-corrected chi connectivity index (χ2v) is 9.28. The number of hydrogen-bond donors (Lipinski definition) is 1. The maximum absolute atomic E-state index is 12.7. The maximum atomic E-state index is 12.7. The number of benzene rings is 2. The summed E-state index contributed by atoms with van der Waals surface area (Å²) in [5.41, 5.74) is 3.57. The zero-order valence-electron chi connectivity index (χ0n) is 18.1. The molecule has 34 heavy (non-hydrogen) atoms. The molecule has 5 rings (SSSR count). The van der Waals surface area contributed by atoms with Crippen molar-refractivity contribution in [2.24, 2.45) is 0 Å². The smallest absolute Gasteiger partial charge is 0.265 e. The van der Waals surface area contributed by atoms with Crippen molar-refractivity contribution in [3.63, 3.8) is 0 Å². The van der Waals surface area contributed by atoms with E-state index in [-0.39, 0.29) is 25.0 Å². The van der Waals surface area contributed by atoms with Gasteiger partial charge in [0.25, 0.3) is 5.91 Å². The van der Waals surface area contributed by atoms with Gasteiger partial charge in [-0.25, -0.2) is 4.98 Å². The lowest BCUT2D eigenvalue weighted by Crippen LogP contribution is -2.43. The monoisotopic (exact) mass is 490 g/mol. The number of hydrogen-bond acceptors (Lipinski definition) is 6. The highest BCUT2D eigenvalue weighted by Crippen LogP contribution is 2.39. The molecule has 0 saturated carbocycles. The molecule has 2 aromatic carbocycles. The van der Waals surface area contributed by atoms with Crippen molar-refractivity contribution in [3.05, 3.63) is 76.8 Å². The Kier molecular flexibility index (Phi) is 6.00. The molecule has 1 aliphatic heterocycles. The lowest BCUT2D eigenvalue weighted by atomic mass is 10.1. The van der Waals surface area contributed by atoms with Gasteiger partial charge in [-0.05, 0) is 61.5 Å². The Hall–Kier alpha value is -3.75. The molecule has 9 heteroatoms. The zero-order chi connectivity index (χ0) is 23.7. The van der Waals surface area contributed by atoms with Gasteiger partial charge in [-0.3, -0.25) is 19.5 Å². The molecule has 170 valence electrons. The second kappa shape index (κ2) is 9.24. The van der Waals surface area contributed by atoms with Crippen LogP contribution in [-0.4, -0.2) is 34.9 Å². The molecule has 0 bridgehead atoms. The summed E-state index contributed by atoms with van der Waals surface area (Å²) in [4.78, 5) is 37.0. The van der Waals surface area contributed by atoms with Crippen LogP contribution in [-0.2, 0) is 9.59 Å². The number of fused-ring (bicyclic) bond motifs is 1. The first kappa shape index (κ1) is 22.1. The number of thiazole rings is 1. The van der Waals surface area contributed by atoms with Crippen LogP contribution >= 0.6 is 22.9 Å². The molecule has 0 fully saturated rings. The summed E-state index contributed by atoms with van der Waals surface area (Å²) in [6, 6.07) is 18.0. The molecule has 1 aliphatic rings. The Morgan fingerprint density at radius 2 is 2.00 bits per heavy atom. The van der Waals surface area contributed by atoms with Gasteiger partial charge < -0.3 is 10.1 Å². The highest BCUT2D eigenvalue weighted by Gasteiger charge is 2.28. The molecule has 0 radical (unpaired) electrons. The third kappa shape index (κ3) is 4.50. The molecule has 2 amide bonds. The largest absolute Gasteiger partial charge is 0.482 e. The standard InChI is InChI=1S/C25H19ClN4O3S/c1-15-24(29-25(34-15)19-4-2-3-11-27-19)16-5-10-21-20(12-16)30(23(32)14-33-21)13-22(31)28-18-8-6-17(26)7-9-18/h2-12H,13-14H2,1H3,(H,28,31). The number of aryl methyl sites for hydroxylation is 1. The predicted octanol–water partition coefficient (Wildman–Crippen LogP) is 5.20. The minimum atomic E-state index is -0.323. The average Bonchev–Trinajstić information content (AvgIpc) is 3.24. The molecule has 7 nitrogen and oxygen atoms in total. The van der Waals surface area contributed by atoms with Gasteiger partial charge in [0, 0.05) is 27.3 Å². The van der Waals surface area contributed by atoms with Crippen LogP contribution in [0.1, 0.15) is 4.88 Å². The van der Waals surface area contributed by atoms with Gasteiger partial charge in [-0.1, -0.05) is 17.7 Å². The van der Waals surface area contributed by atoms with Crippen LogP contribution in [0.15, 0.2) is 66.9 Å². The van der Waals surface area contributed by atoms with Crippen LogP contribution in [0.4, 0.5) is 11.4 Å². The van der Waals surface area contributed by atoms with E-state index >= 15 is 0 Å². The van der Waals surface area contributed by atoms with Crippen LogP contribution in [0.3, 0.4) is 0 Å². The fourth-order valence-corrected chi connectivity index (χ4v) is 4.70. The summed E-state index contributed by atoms with van der Waals surface area (Å²) >= 11 is 7.46. The van der Waals surface area contributed by atoms with E-state index in [4.69, 9.17) is 21.3 Å². The van der Waals surface area contributed by atoms with E-state index in [1.807, 2.05) is 37.3 Å². The van der Waals surface area contributed by atoms with Crippen molar-refractivity contribution in [2.75, 3.05) is 23.4 Å². The first-order chi connectivity index (χ1) is 16.5. The van der Waals surface area contributed by atoms with Gasteiger partial charge in [0.1, 0.15) is 17.3 Å². The Morgan fingerprint density at radius 3 is 2.76 bits per heavy atom. The van der Waals surface area contributed by atoms with Crippen LogP contribution in [0, 0.1) is 6.92 Å². The number of nitrogens with one attached hydrogen (secondary N) is 1. The first-order valence-corrected chi connectivity index (χ1v) is 11.7. The van der Waals surface area contributed by atoms with Gasteiger partial charge in [0.05, 0.1) is 17.1 Å². The van der Waals surface area contributed by atoms with Crippen molar-refractivity contribution >= 4 is 46.1 Å². The van der Waals surface area contributed by atoms with E-state index in [0.717, 1.165) is 26.8 Å². The summed E-state index contributed by atoms with van der Waals surface area (Å²) in [5, 5.41) is 4.19. The van der Waals surface area contributed by atoms with Crippen LogP contribution in [0.25, 0.3) is 22.0 Å². The van der Waals surface area contributed by atoms with Gasteiger partial charge in [0.15, 0.2) is 6.61 Å². The molecule has 0 aliphatic carbocycles. The average molecular weight is 491 g/mol. The number of nitrogens with zero attached hydrogens (tertiary/aromatic N) is 3. The normalized spacial score (nSPS) is 12.8. The summed E-state index contributed by atoms with van der Waals surface area (Å²) in [6.45, 7) is 1.73. The number of amides is 2. The molecule has 3 heterocycles. The minimum Gasteiger partial charge on any atom is -0.482 e. The lowest BCUT2D eigenvalue weighted by molar-refractivity contribution is -0.123. The van der Waals surface area contributed by atoms with Crippen molar-refractivity contribution in [3.8, 4) is 27.7 Å². The molecule has 0 atom stereocenters. The quantitative estimate of drug-likeness (QED) is 0.415. The van der Waals surface area contributed by atoms with E-state index in [9.17, 15) is 9.59 Å². The van der Waals surface area contributed by atoms with E-state index in [1.54, 1.807) is 47.9 Å². The minimum absolute atomic E-state index is 0.125. The highest BCUT2D eigenvalue weighted by molar-refractivity contribution is 7.15. The third-order valence-electron chi connectivity index (χ3n) is 5.29. The molecule has 4 aromatic rings. The Labute approximate surface area is 205 Å². The number of carbonyl (C=O) groups is 2. The third-order valence-corrected chi connectivity index (χ3v) is 6.53. The van der Waals surface area contributed by atoms with Gasteiger partial charge in [-0.2, -0.15) is 0 Å². The molecule has 1 N–H and O–H groups in total. The van der Waals surface area contributed by atoms with Crippen molar-refractivity contribution in [1.82, 2.24) is 9.97 Å². The van der Waals surface area contributed by atoms with E-state index in [2.05, 4.69) is 10.3 Å². The van der Waals surface area contributed by atoms with Crippen LogP contribution in [0.5, 0.6) is 5.75 Å². The summed E-state index contributed by atoms with van der Waals surface area (Å²) < 4.78 is 5.61. The number of anilines is 2. The highest BCUT2D eigenvalue weighted by atomic mass is 35.5. The summed E-state index contributed by atoms with van der Waals surface area (Å²) in [5.74, 6) is -0.0724. The summed E-state index contributed by atoms with van der Waals surface area (Å²) in [6.07, 6.45) is 1.74. The van der Waals surface area contributed by atoms with E-state index in [1.165, 1.54) is 4.90 Å². The topological polar surface area (TPSA) is 84.4 Å². The van der Waals surface area contributed by atoms with Gasteiger partial charge >= 0.3 is 0 Å². The fourth-order valence-electron chi connectivity index (χ4n) is 3.66. The van der Waals surface area contributed by atoms with Gasteiger partial charge in [-0.15, -0.1) is 11.3 Å². The number of rotatable bonds is 5. The lowest BCUT2D eigenvalue weighted by Gasteiger charge is -2.29. The molecule has 0 unspecified atom stereocenters. The van der Waals surface area contributed by atoms with Crippen LogP contribution < -0.4 is 15.0 Å². The Morgan fingerprint density at radius 1 is 1.18 bits per heavy atom. The SMILES string of the molecule is Cc1sc(-c2ccccn2)nc1-c1ccc2c(c1)N(CC(=O)Nc1ccc(Cl)cc1)C(=O)CO2. The Bertz CT molecular complexity index is 1370. The van der Waals surface area contributed by atoms with E-state index < -0.39 is 0 Å². The predicted molar refractivity (Wildman–Crippen MR) is 133 cm³/mol. The molecular weight excluding hydrogens is 472 g/mol.